The van der Waals surface area contributed by atoms with Gasteiger partial charge in [-0.3, -0.25) is 4.79 Å². The van der Waals surface area contributed by atoms with Crippen LogP contribution in [0.5, 0.6) is 5.75 Å². The first-order valence-corrected chi connectivity index (χ1v) is 12.7. The third-order valence-corrected chi connectivity index (χ3v) is 7.52. The Kier molecular flexibility index (Phi) is 7.02. The lowest BCUT2D eigenvalue weighted by atomic mass is 9.71. The molecule has 0 unspecified atom stereocenters. The van der Waals surface area contributed by atoms with Crippen LogP contribution in [0.1, 0.15) is 44.1 Å². The predicted octanol–water partition coefficient (Wildman–Crippen LogP) is 5.97. The summed E-state index contributed by atoms with van der Waals surface area (Å²) in [5, 5.41) is 0. The van der Waals surface area contributed by atoms with Crippen LogP contribution < -0.4 is 9.08 Å². The minimum Gasteiger partial charge on any atom is -0.374 e. The second-order valence-electron chi connectivity index (χ2n) is 8.80. The third kappa shape index (κ3) is 5.29. The van der Waals surface area contributed by atoms with Crippen molar-refractivity contribution in [1.29, 1.82) is 0 Å². The highest BCUT2D eigenvalue weighted by Gasteiger charge is 2.49. The van der Waals surface area contributed by atoms with Crippen LogP contribution >= 0.6 is 0 Å². The number of nitrogens with zero attached hydrogens (tertiary/aromatic N) is 1. The quantitative estimate of drug-likeness (QED) is 0.367. The van der Waals surface area contributed by atoms with Gasteiger partial charge in [0.1, 0.15) is 0 Å². The van der Waals surface area contributed by atoms with Crippen LogP contribution in [-0.4, -0.2) is 19.8 Å². The summed E-state index contributed by atoms with van der Waals surface area (Å²) in [4.78, 5) is 15.0. The average molecular weight is 494 g/mol. The Morgan fingerprint density at radius 2 is 1.62 bits per heavy atom. The Hall–Kier alpha value is -2.81. The molecular weight excluding hydrogens is 467 g/mol. The van der Waals surface area contributed by atoms with Crippen LogP contribution in [0, 0.1) is 11.8 Å². The normalized spacial score (nSPS) is 20.7. The number of fused-ring (bicyclic) bond motifs is 1. The summed E-state index contributed by atoms with van der Waals surface area (Å²) in [6.07, 6.45) is 7.85. The first kappa shape index (κ1) is 24.3. The van der Waals surface area contributed by atoms with Gasteiger partial charge in [-0.2, -0.15) is 21.6 Å². The number of halogens is 3. The molecule has 0 heterocycles. The maximum absolute atomic E-state index is 13.7. The summed E-state index contributed by atoms with van der Waals surface area (Å²) in [6.45, 7) is 0.0531. The number of carbonyl (C=O) groups is 1. The molecule has 2 atom stereocenters. The van der Waals surface area contributed by atoms with Crippen LogP contribution in [0.15, 0.2) is 66.2 Å². The van der Waals surface area contributed by atoms with Gasteiger partial charge in [0.2, 0.25) is 0 Å². The summed E-state index contributed by atoms with van der Waals surface area (Å²) in [5.74, 6) is 0.0678. The molecule has 2 aromatic rings. The maximum atomic E-state index is 13.7. The second-order valence-corrected chi connectivity index (χ2v) is 10.3. The summed E-state index contributed by atoms with van der Waals surface area (Å²) < 4.78 is 66.9. The van der Waals surface area contributed by atoms with E-state index in [1.165, 1.54) is 29.5 Å². The van der Waals surface area contributed by atoms with Gasteiger partial charge in [-0.25, -0.2) is 0 Å². The molecule has 0 aromatic heterocycles. The minimum absolute atomic E-state index is 0.0316. The lowest BCUT2D eigenvalue weighted by Crippen LogP contribution is -2.35. The molecule has 1 amide bonds. The smallest absolute Gasteiger partial charge is 0.374 e. The molecule has 34 heavy (non-hydrogen) atoms. The van der Waals surface area contributed by atoms with E-state index in [1.807, 2.05) is 12.1 Å². The van der Waals surface area contributed by atoms with Gasteiger partial charge in [0, 0.05) is 5.57 Å². The average Bonchev–Trinajstić information content (AvgIpc) is 2.82. The number of rotatable bonds is 6. The molecule has 0 spiro atoms. The fourth-order valence-corrected chi connectivity index (χ4v) is 5.29. The van der Waals surface area contributed by atoms with E-state index in [1.54, 1.807) is 24.3 Å². The lowest BCUT2D eigenvalue weighted by Gasteiger charge is -2.36. The zero-order valence-corrected chi connectivity index (χ0v) is 19.3. The highest BCUT2D eigenvalue weighted by molar-refractivity contribution is 7.88. The molecule has 0 saturated heterocycles. The molecule has 2 aliphatic rings. The Balaban J connectivity index is 1.70. The van der Waals surface area contributed by atoms with Gasteiger partial charge in [0.05, 0.1) is 12.2 Å². The summed E-state index contributed by atoms with van der Waals surface area (Å²) in [7, 11) is -5.90. The topological polar surface area (TPSA) is 63.7 Å². The van der Waals surface area contributed by atoms with Crippen molar-refractivity contribution < 1.29 is 30.6 Å². The monoisotopic (exact) mass is 493 g/mol. The van der Waals surface area contributed by atoms with Gasteiger partial charge in [-0.1, -0.05) is 61.4 Å². The Morgan fingerprint density at radius 3 is 2.32 bits per heavy atom. The summed E-state index contributed by atoms with van der Waals surface area (Å²) in [6, 6.07) is 14.4. The zero-order chi connectivity index (χ0) is 24.3. The van der Waals surface area contributed by atoms with Crippen molar-refractivity contribution in [3.8, 4) is 5.75 Å². The van der Waals surface area contributed by atoms with E-state index in [0.717, 1.165) is 37.3 Å². The number of anilines is 1. The number of benzene rings is 2. The van der Waals surface area contributed by atoms with Crippen molar-refractivity contribution in [2.75, 3.05) is 4.90 Å². The molecule has 0 radical (unpaired) electrons. The fourth-order valence-electron chi connectivity index (χ4n) is 4.82. The third-order valence-electron chi connectivity index (χ3n) is 6.56. The highest BCUT2D eigenvalue weighted by atomic mass is 32.2. The van der Waals surface area contributed by atoms with Gasteiger partial charge >= 0.3 is 15.6 Å². The van der Waals surface area contributed by atoms with Gasteiger partial charge in [-0.05, 0) is 55.2 Å². The highest BCUT2D eigenvalue weighted by Crippen LogP contribution is 2.42. The van der Waals surface area contributed by atoms with E-state index in [9.17, 15) is 26.4 Å². The molecule has 1 fully saturated rings. The van der Waals surface area contributed by atoms with E-state index in [0.29, 0.717) is 23.8 Å². The number of amides is 1. The van der Waals surface area contributed by atoms with E-state index < -0.39 is 21.4 Å². The Labute approximate surface area is 197 Å². The van der Waals surface area contributed by atoms with Crippen molar-refractivity contribution in [1.82, 2.24) is 0 Å². The molecule has 9 heteroatoms. The lowest BCUT2D eigenvalue weighted by molar-refractivity contribution is -0.115. The van der Waals surface area contributed by atoms with Crippen molar-refractivity contribution in [3.05, 3.63) is 71.8 Å². The van der Waals surface area contributed by atoms with Gasteiger partial charge < -0.3 is 9.08 Å². The fraction of sp³-hybridized carbons (Fsp3) is 0.400. The molecule has 0 bridgehead atoms. The van der Waals surface area contributed by atoms with E-state index >= 15 is 0 Å². The number of hydrogen-bond acceptors (Lipinski definition) is 4. The number of allylic oxidation sites excluding steroid dienone is 1. The van der Waals surface area contributed by atoms with Gasteiger partial charge in [0.15, 0.2) is 5.75 Å². The van der Waals surface area contributed by atoms with Crippen molar-refractivity contribution in [2.45, 2.75) is 50.6 Å². The molecule has 2 aromatic carbocycles. The van der Waals surface area contributed by atoms with E-state index in [4.69, 9.17) is 0 Å². The molecule has 1 saturated carbocycles. The maximum Gasteiger partial charge on any atom is 0.534 e. The number of alkyl halides is 3. The Bertz CT molecular complexity index is 1160. The van der Waals surface area contributed by atoms with Crippen molar-refractivity contribution in [2.24, 2.45) is 11.8 Å². The van der Waals surface area contributed by atoms with E-state index in [2.05, 4.69) is 4.18 Å². The second kappa shape index (κ2) is 9.82. The summed E-state index contributed by atoms with van der Waals surface area (Å²) >= 11 is 0. The van der Waals surface area contributed by atoms with Gasteiger partial charge in [0.25, 0.3) is 5.91 Å². The standard InChI is InChI=1S/C25H26F3NO4S/c26-25(27,28)34(31,32)33-23-13-7-6-12-22(23)29(17-18-8-2-1-3-9-18)24(30)21-15-14-19-10-4-5-11-20(19)16-21/h1-3,6-9,12-13,15,19-20H,4-5,10-11,14,16-17H2/t19-,20-/m1/s1. The molecule has 0 aliphatic heterocycles. The molecule has 5 nitrogen and oxygen atoms in total. The molecule has 2 aliphatic carbocycles. The predicted molar refractivity (Wildman–Crippen MR) is 122 cm³/mol. The van der Waals surface area contributed by atoms with Crippen LogP contribution in [-0.2, 0) is 21.5 Å². The van der Waals surface area contributed by atoms with Crippen LogP contribution in [0.25, 0.3) is 0 Å². The molecular formula is C25H26F3NO4S. The summed E-state index contributed by atoms with van der Waals surface area (Å²) in [5.41, 5.74) is -4.27. The largest absolute Gasteiger partial charge is 0.534 e. The van der Waals surface area contributed by atoms with Crippen molar-refractivity contribution in [3.63, 3.8) is 0 Å². The first-order chi connectivity index (χ1) is 16.2. The van der Waals surface area contributed by atoms with Crippen molar-refractivity contribution >= 4 is 21.7 Å². The van der Waals surface area contributed by atoms with Crippen LogP contribution in [0.3, 0.4) is 0 Å². The molecule has 4 rings (SSSR count). The zero-order valence-electron chi connectivity index (χ0n) is 18.5. The number of hydrogen-bond donors (Lipinski definition) is 0. The number of carbonyl (C=O) groups excluding carboxylic acids is 1. The Morgan fingerprint density at radius 1 is 0.971 bits per heavy atom. The molecule has 0 N–H and O–H groups in total. The minimum atomic E-state index is -5.90. The molecule has 182 valence electrons. The SMILES string of the molecule is O=C(C1=CC[C@H]2CCCC[C@@H]2C1)N(Cc1ccccc1)c1ccccc1OS(=O)(=O)C(F)(F)F. The first-order valence-electron chi connectivity index (χ1n) is 11.3. The van der Waals surface area contributed by atoms with E-state index in [-0.39, 0.29) is 18.1 Å². The van der Waals surface area contributed by atoms with Gasteiger partial charge in [-0.15, -0.1) is 0 Å². The van der Waals surface area contributed by atoms with Crippen LogP contribution in [0.2, 0.25) is 0 Å². The number of para-hydroxylation sites is 2. The van der Waals surface area contributed by atoms with Crippen LogP contribution in [0.4, 0.5) is 18.9 Å².